The zero-order valence-corrected chi connectivity index (χ0v) is 11.2. The maximum absolute atomic E-state index is 5.36. The van der Waals surface area contributed by atoms with E-state index in [1.807, 2.05) is 0 Å². The van der Waals surface area contributed by atoms with E-state index < -0.39 is 5.69 Å². The fourth-order valence-corrected chi connectivity index (χ4v) is 2.28. The molecule has 0 aromatic heterocycles. The van der Waals surface area contributed by atoms with Crippen LogP contribution in [0.3, 0.4) is 0 Å². The van der Waals surface area contributed by atoms with E-state index in [1.165, 1.54) is 0 Å². The summed E-state index contributed by atoms with van der Waals surface area (Å²) in [6.07, 6.45) is 0. The van der Waals surface area contributed by atoms with Gasteiger partial charge in [-0.05, 0) is 11.8 Å². The lowest BCUT2D eigenvalue weighted by atomic mass is 10.2. The molecule has 0 atom stereocenters. The molecule has 0 aromatic carbocycles. The van der Waals surface area contributed by atoms with E-state index in [0.717, 1.165) is 0 Å². The summed E-state index contributed by atoms with van der Waals surface area (Å²) in [4.78, 5) is 0. The average Bonchev–Trinajstić information content (AvgIpc) is 1.98. The molecular weight excluding hydrogens is 223 g/mol. The Labute approximate surface area is 91.7 Å². The van der Waals surface area contributed by atoms with Crippen molar-refractivity contribution in [1.29, 1.82) is 0 Å². The highest BCUT2D eigenvalue weighted by Gasteiger charge is 2.04. The highest BCUT2D eigenvalue weighted by Crippen LogP contribution is 2.46. The van der Waals surface area contributed by atoms with Crippen LogP contribution >= 0.6 is 5.69 Å². The van der Waals surface area contributed by atoms with Crippen molar-refractivity contribution in [2.75, 3.05) is 13.2 Å². The topological polar surface area (TPSA) is 18.5 Å². The van der Waals surface area contributed by atoms with Crippen LogP contribution < -0.4 is 0 Å². The second kappa shape index (κ2) is 6.41. The summed E-state index contributed by atoms with van der Waals surface area (Å²) in [5, 5.41) is 0. The van der Waals surface area contributed by atoms with Crippen molar-refractivity contribution in [3.8, 4) is 0 Å². The second-order valence-corrected chi connectivity index (χ2v) is 8.81. The van der Waals surface area contributed by atoms with Gasteiger partial charge in [-0.1, -0.05) is 39.5 Å². The van der Waals surface area contributed by atoms with Gasteiger partial charge in [0, 0.05) is 0 Å². The van der Waals surface area contributed by atoms with E-state index in [1.54, 1.807) is 0 Å². The van der Waals surface area contributed by atoms with Gasteiger partial charge in [0.25, 0.3) is 0 Å². The van der Waals surface area contributed by atoms with Crippen LogP contribution in [0.4, 0.5) is 0 Å². The molecule has 0 aliphatic carbocycles. The lowest BCUT2D eigenvalue weighted by molar-refractivity contribution is 0.219. The van der Waals surface area contributed by atoms with Crippen LogP contribution in [0.25, 0.3) is 0 Å². The Morgan fingerprint density at radius 3 is 1.62 bits per heavy atom. The Balaban J connectivity index is 3.74. The molecule has 5 heteroatoms. The third-order valence-corrected chi connectivity index (χ3v) is 3.33. The quantitative estimate of drug-likeness (QED) is 0.525. The second-order valence-electron chi connectivity index (χ2n) is 3.83. The molecule has 0 heterocycles. The minimum atomic E-state index is -2.38. The molecule has 0 aliphatic heterocycles. The maximum atomic E-state index is 5.36. The van der Waals surface area contributed by atoms with Gasteiger partial charge in [0.05, 0.1) is 18.9 Å². The molecule has 0 N–H and O–H groups in total. The first-order valence-electron chi connectivity index (χ1n) is 4.43. The predicted molar refractivity (Wildman–Crippen MR) is 63.2 cm³/mol. The van der Waals surface area contributed by atoms with E-state index in [2.05, 4.69) is 27.7 Å². The Bertz CT molecular complexity index is 167. The molecule has 0 rings (SSSR count). The van der Waals surface area contributed by atoms with Gasteiger partial charge in [-0.15, -0.1) is 0 Å². The molecule has 80 valence electrons. The Morgan fingerprint density at radius 2 is 1.38 bits per heavy atom. The summed E-state index contributed by atoms with van der Waals surface area (Å²) < 4.78 is 10.7. The van der Waals surface area contributed by atoms with E-state index in [0.29, 0.717) is 25.0 Å². The van der Waals surface area contributed by atoms with E-state index >= 15 is 0 Å². The van der Waals surface area contributed by atoms with Crippen molar-refractivity contribution < 1.29 is 9.05 Å². The van der Waals surface area contributed by atoms with Gasteiger partial charge in [-0.2, -0.15) is 0 Å². The van der Waals surface area contributed by atoms with Crippen LogP contribution in [-0.4, -0.2) is 13.2 Å². The summed E-state index contributed by atoms with van der Waals surface area (Å²) in [7, 11) is 0. The van der Waals surface area contributed by atoms with Crippen molar-refractivity contribution >= 4 is 29.7 Å². The molecule has 0 aliphatic rings. The summed E-state index contributed by atoms with van der Waals surface area (Å²) in [6.45, 7) is 9.44. The fraction of sp³-hybridized carbons (Fsp3) is 1.00. The van der Waals surface area contributed by atoms with Crippen LogP contribution in [0.5, 0.6) is 0 Å². The molecule has 0 saturated carbocycles. The number of hydrogen-bond donors (Lipinski definition) is 0. The molecule has 0 aromatic rings. The van der Waals surface area contributed by atoms with Gasteiger partial charge >= 0.3 is 0 Å². The van der Waals surface area contributed by atoms with E-state index in [4.69, 9.17) is 33.1 Å². The highest BCUT2D eigenvalue weighted by molar-refractivity contribution is 8.51. The van der Waals surface area contributed by atoms with Crippen molar-refractivity contribution in [2.45, 2.75) is 27.7 Å². The molecule has 0 spiro atoms. The normalized spacial score (nSPS) is 12.8. The van der Waals surface area contributed by atoms with Gasteiger partial charge in [-0.25, -0.2) is 0 Å². The molecule has 0 radical (unpaired) electrons. The van der Waals surface area contributed by atoms with Gasteiger partial charge in [-0.3, -0.25) is 0 Å². The largest absolute Gasteiger partial charge is 0.691 e. The Morgan fingerprint density at radius 1 is 1.08 bits per heavy atom. The van der Waals surface area contributed by atoms with Crippen LogP contribution in [-0.2, 0) is 33.1 Å². The summed E-state index contributed by atoms with van der Waals surface area (Å²) >= 11 is 10.1. The molecule has 2 nitrogen and oxygen atoms in total. The Hall–Kier alpha value is 0.920. The molecule has 0 amide bonds. The molecule has 0 saturated heterocycles. The van der Waals surface area contributed by atoms with Gasteiger partial charge in [0.1, 0.15) is 0 Å². The number of hydrogen-bond acceptors (Lipinski definition) is 4. The van der Waals surface area contributed by atoms with Crippen molar-refractivity contribution in [3.63, 3.8) is 0 Å². The van der Waals surface area contributed by atoms with Crippen molar-refractivity contribution in [1.82, 2.24) is 0 Å². The third-order valence-electron chi connectivity index (χ3n) is 1.13. The Kier molecular flexibility index (Phi) is 6.87. The lowest BCUT2D eigenvalue weighted by Crippen LogP contribution is -2.04. The smallest absolute Gasteiger partial charge is 0.0564 e. The van der Waals surface area contributed by atoms with E-state index in [-0.39, 0.29) is 0 Å². The predicted octanol–water partition coefficient (Wildman–Crippen LogP) is 3.10. The summed E-state index contributed by atoms with van der Waals surface area (Å²) in [5.41, 5.74) is -2.38. The van der Waals surface area contributed by atoms with Gasteiger partial charge < -0.3 is 21.3 Å². The zero-order valence-electron chi connectivity index (χ0n) is 8.65. The lowest BCUT2D eigenvalue weighted by Gasteiger charge is -2.29. The summed E-state index contributed by atoms with van der Waals surface area (Å²) in [5.74, 6) is 0.904. The maximum Gasteiger partial charge on any atom is 0.0564 e. The fourth-order valence-electron chi connectivity index (χ4n) is 0.518. The van der Waals surface area contributed by atoms with Crippen molar-refractivity contribution in [2.24, 2.45) is 11.8 Å². The molecular formula is C8H18O2PS2-. The first-order chi connectivity index (χ1) is 5.83. The minimum absolute atomic E-state index is 0.452. The van der Waals surface area contributed by atoms with Crippen LogP contribution in [0, 0.1) is 11.8 Å². The monoisotopic (exact) mass is 241 g/mol. The third kappa shape index (κ3) is 9.23. The van der Waals surface area contributed by atoms with Gasteiger partial charge in [0.2, 0.25) is 0 Å². The van der Waals surface area contributed by atoms with Crippen LogP contribution in [0.2, 0.25) is 0 Å². The average molecular weight is 241 g/mol. The van der Waals surface area contributed by atoms with E-state index in [9.17, 15) is 0 Å². The molecule has 13 heavy (non-hydrogen) atoms. The SMILES string of the molecule is CC(C)COP(=S)([S-])OCC(C)C. The zero-order chi connectivity index (χ0) is 10.5. The first-order valence-corrected chi connectivity index (χ1v) is 8.09. The molecule has 0 fully saturated rings. The molecule has 0 bridgehead atoms. The number of rotatable bonds is 6. The van der Waals surface area contributed by atoms with Crippen LogP contribution in [0.15, 0.2) is 0 Å². The first kappa shape index (κ1) is 13.9. The summed E-state index contributed by atoms with van der Waals surface area (Å²) in [6, 6.07) is 0. The standard InChI is InChI=1S/C8H19O2PS2/c1-7(2)5-9-11(12,13)10-6-8(3)4/h7-8H,5-6H2,1-4H3,(H,12,13)/p-1. The van der Waals surface area contributed by atoms with Crippen LogP contribution in [0.1, 0.15) is 27.7 Å². The highest BCUT2D eigenvalue weighted by atomic mass is 32.9. The van der Waals surface area contributed by atoms with Gasteiger partial charge in [0.15, 0.2) is 0 Å². The van der Waals surface area contributed by atoms with Crippen molar-refractivity contribution in [3.05, 3.63) is 0 Å². The molecule has 0 unspecified atom stereocenters. The minimum Gasteiger partial charge on any atom is -0.691 e.